The van der Waals surface area contributed by atoms with E-state index in [0.717, 1.165) is 17.7 Å². The van der Waals surface area contributed by atoms with Crippen LogP contribution in [0.15, 0.2) is 66.7 Å². The summed E-state index contributed by atoms with van der Waals surface area (Å²) in [5, 5.41) is 0.600. The molecule has 2 nitrogen and oxygen atoms in total. The van der Waals surface area contributed by atoms with Gasteiger partial charge in [-0.15, -0.1) is 0 Å². The highest BCUT2D eigenvalue weighted by atomic mass is 35.5. The molecule has 0 amide bonds. The second-order valence-electron chi connectivity index (χ2n) is 7.69. The Kier molecular flexibility index (Phi) is 8.02. The van der Waals surface area contributed by atoms with Crippen LogP contribution in [-0.2, 0) is 19.1 Å². The Morgan fingerprint density at radius 3 is 2.24 bits per heavy atom. The molecule has 34 heavy (non-hydrogen) atoms. The van der Waals surface area contributed by atoms with Crippen LogP contribution in [0.3, 0.4) is 0 Å². The Labute approximate surface area is 198 Å². The van der Waals surface area contributed by atoms with E-state index in [9.17, 15) is 26.3 Å². The maximum atomic E-state index is 13.1. The molecule has 0 atom stereocenters. The van der Waals surface area contributed by atoms with Gasteiger partial charge in [0.2, 0.25) is 0 Å². The molecule has 3 aromatic rings. The highest BCUT2D eigenvalue weighted by molar-refractivity contribution is 6.31. The number of rotatable bonds is 8. The maximum absolute atomic E-state index is 13.1. The lowest BCUT2D eigenvalue weighted by Gasteiger charge is -2.26. The third-order valence-corrected chi connectivity index (χ3v) is 5.48. The molecule has 0 fully saturated rings. The summed E-state index contributed by atoms with van der Waals surface area (Å²) in [5.41, 5.74) is 0.663. The second kappa shape index (κ2) is 10.6. The molecular formula is C25H22ClF6NO. The fraction of sp³-hybridized carbons (Fsp3) is 0.280. The highest BCUT2D eigenvalue weighted by Crippen LogP contribution is 2.32. The number of alkyl halides is 6. The molecule has 0 aliphatic carbocycles. The summed E-state index contributed by atoms with van der Waals surface area (Å²) in [4.78, 5) is 1.38. The smallest absolute Gasteiger partial charge is 0.416 e. The third-order valence-electron chi connectivity index (χ3n) is 5.11. The van der Waals surface area contributed by atoms with Gasteiger partial charge in [0.1, 0.15) is 11.5 Å². The number of benzene rings is 3. The van der Waals surface area contributed by atoms with E-state index < -0.39 is 30.9 Å². The number of ether oxygens (including phenoxy) is 1. The molecule has 0 aliphatic heterocycles. The van der Waals surface area contributed by atoms with E-state index in [-0.39, 0.29) is 12.1 Å². The van der Waals surface area contributed by atoms with Crippen LogP contribution < -0.4 is 9.64 Å². The molecule has 3 aromatic carbocycles. The summed E-state index contributed by atoms with van der Waals surface area (Å²) in [6, 6.07) is 16.1. The summed E-state index contributed by atoms with van der Waals surface area (Å²) in [7, 11) is 0. The molecule has 0 N–H and O–H groups in total. The Hall–Kier alpha value is -2.87. The van der Waals surface area contributed by atoms with Gasteiger partial charge in [-0.05, 0) is 60.0 Å². The molecule has 0 bridgehead atoms. The standard InChI is InChI=1S/C25H22ClF6NO/c1-2-18-14-22(9-10-23(18)26)34-21-8-4-7-20(15-21)33(12-11-24(27,28)29)16-17-5-3-6-19(13-17)25(30,31)32/h3-10,13-15H,2,11-12,16H2,1H3. The molecule has 0 radical (unpaired) electrons. The molecule has 9 heteroatoms. The van der Waals surface area contributed by atoms with Crippen LogP contribution in [0.1, 0.15) is 30.0 Å². The summed E-state index contributed by atoms with van der Waals surface area (Å²) >= 11 is 6.13. The fourth-order valence-electron chi connectivity index (χ4n) is 3.39. The normalized spacial score (nSPS) is 12.0. The van der Waals surface area contributed by atoms with Crippen molar-refractivity contribution in [1.29, 1.82) is 0 Å². The largest absolute Gasteiger partial charge is 0.457 e. The molecule has 0 unspecified atom stereocenters. The van der Waals surface area contributed by atoms with E-state index in [2.05, 4.69) is 0 Å². The predicted molar refractivity (Wildman–Crippen MR) is 121 cm³/mol. The molecule has 182 valence electrons. The van der Waals surface area contributed by atoms with Gasteiger partial charge in [-0.1, -0.05) is 36.7 Å². The summed E-state index contributed by atoms with van der Waals surface area (Å²) in [6.07, 6.45) is -9.39. The van der Waals surface area contributed by atoms with Gasteiger partial charge in [0, 0.05) is 29.9 Å². The fourth-order valence-corrected chi connectivity index (χ4v) is 3.64. The first kappa shape index (κ1) is 25.7. The second-order valence-corrected chi connectivity index (χ2v) is 8.10. The van der Waals surface area contributed by atoms with E-state index in [1.165, 1.54) is 17.0 Å². The van der Waals surface area contributed by atoms with Crippen molar-refractivity contribution in [2.45, 2.75) is 38.7 Å². The quantitative estimate of drug-likeness (QED) is 0.286. The van der Waals surface area contributed by atoms with Gasteiger partial charge in [0.05, 0.1) is 12.0 Å². The Morgan fingerprint density at radius 1 is 0.853 bits per heavy atom. The lowest BCUT2D eigenvalue weighted by atomic mass is 10.1. The van der Waals surface area contributed by atoms with E-state index in [4.69, 9.17) is 16.3 Å². The number of aryl methyl sites for hydroxylation is 1. The van der Waals surface area contributed by atoms with Crippen LogP contribution in [0, 0.1) is 0 Å². The SMILES string of the molecule is CCc1cc(Oc2cccc(N(CCC(F)(F)F)Cc3cccc(C(F)(F)F)c3)c2)ccc1Cl. The number of halogens is 7. The van der Waals surface area contributed by atoms with Crippen LogP contribution in [-0.4, -0.2) is 12.7 Å². The summed E-state index contributed by atoms with van der Waals surface area (Å²) < 4.78 is 84.0. The van der Waals surface area contributed by atoms with Gasteiger partial charge in [-0.25, -0.2) is 0 Å². The minimum absolute atomic E-state index is 0.135. The molecular weight excluding hydrogens is 480 g/mol. The summed E-state index contributed by atoms with van der Waals surface area (Å²) in [6.45, 7) is 1.38. The van der Waals surface area contributed by atoms with Crippen molar-refractivity contribution < 1.29 is 31.1 Å². The number of anilines is 1. The number of nitrogens with zero attached hydrogens (tertiary/aromatic N) is 1. The van der Waals surface area contributed by atoms with Crippen molar-refractivity contribution >= 4 is 17.3 Å². The van der Waals surface area contributed by atoms with Crippen LogP contribution in [0.5, 0.6) is 11.5 Å². The Morgan fingerprint density at radius 2 is 1.56 bits per heavy atom. The van der Waals surface area contributed by atoms with Crippen LogP contribution in [0.4, 0.5) is 32.0 Å². The van der Waals surface area contributed by atoms with Gasteiger partial charge in [-0.3, -0.25) is 0 Å². The minimum atomic E-state index is -4.55. The van der Waals surface area contributed by atoms with Crippen molar-refractivity contribution in [3.05, 3.63) is 88.4 Å². The van der Waals surface area contributed by atoms with Crippen molar-refractivity contribution in [2.75, 3.05) is 11.4 Å². The zero-order chi connectivity index (χ0) is 24.9. The Bertz CT molecular complexity index is 1110. The van der Waals surface area contributed by atoms with Crippen molar-refractivity contribution in [2.24, 2.45) is 0 Å². The highest BCUT2D eigenvalue weighted by Gasteiger charge is 2.31. The van der Waals surface area contributed by atoms with E-state index >= 15 is 0 Å². The third kappa shape index (κ3) is 7.32. The first-order chi connectivity index (χ1) is 15.9. The van der Waals surface area contributed by atoms with Crippen molar-refractivity contribution in [3.8, 4) is 11.5 Å². The predicted octanol–water partition coefficient (Wildman–Crippen LogP) is 8.67. The maximum Gasteiger partial charge on any atom is 0.416 e. The zero-order valence-corrected chi connectivity index (χ0v) is 18.9. The van der Waals surface area contributed by atoms with Crippen LogP contribution >= 0.6 is 11.6 Å². The van der Waals surface area contributed by atoms with E-state index in [0.29, 0.717) is 28.6 Å². The lowest BCUT2D eigenvalue weighted by Crippen LogP contribution is -2.28. The van der Waals surface area contributed by atoms with Gasteiger partial charge in [0.25, 0.3) is 0 Å². The monoisotopic (exact) mass is 501 g/mol. The minimum Gasteiger partial charge on any atom is -0.457 e. The zero-order valence-electron chi connectivity index (χ0n) is 18.2. The number of hydrogen-bond acceptors (Lipinski definition) is 2. The molecule has 0 aromatic heterocycles. The van der Waals surface area contributed by atoms with Gasteiger partial charge >= 0.3 is 12.4 Å². The summed E-state index contributed by atoms with van der Waals surface area (Å²) in [5.74, 6) is 0.890. The van der Waals surface area contributed by atoms with E-state index in [1.807, 2.05) is 6.92 Å². The van der Waals surface area contributed by atoms with E-state index in [1.54, 1.807) is 42.5 Å². The lowest BCUT2D eigenvalue weighted by molar-refractivity contribution is -0.137. The molecule has 3 rings (SSSR count). The molecule has 0 spiro atoms. The molecule has 0 saturated heterocycles. The first-order valence-corrected chi connectivity index (χ1v) is 10.9. The molecule has 0 aliphatic rings. The topological polar surface area (TPSA) is 12.5 Å². The molecule has 0 heterocycles. The van der Waals surface area contributed by atoms with Crippen LogP contribution in [0.25, 0.3) is 0 Å². The average Bonchev–Trinajstić information content (AvgIpc) is 2.77. The average molecular weight is 502 g/mol. The van der Waals surface area contributed by atoms with Crippen LogP contribution in [0.2, 0.25) is 5.02 Å². The Balaban J connectivity index is 1.87. The van der Waals surface area contributed by atoms with Gasteiger partial charge in [0.15, 0.2) is 0 Å². The van der Waals surface area contributed by atoms with Gasteiger partial charge < -0.3 is 9.64 Å². The first-order valence-electron chi connectivity index (χ1n) is 10.5. The van der Waals surface area contributed by atoms with Gasteiger partial charge in [-0.2, -0.15) is 26.3 Å². The molecule has 0 saturated carbocycles. The van der Waals surface area contributed by atoms with Crippen molar-refractivity contribution in [3.63, 3.8) is 0 Å². The number of hydrogen-bond donors (Lipinski definition) is 0. The van der Waals surface area contributed by atoms with Crippen molar-refractivity contribution in [1.82, 2.24) is 0 Å².